The Morgan fingerprint density at radius 2 is 1.48 bits per heavy atom. The fourth-order valence-electron chi connectivity index (χ4n) is 6.59. The van der Waals surface area contributed by atoms with Gasteiger partial charge in [0.25, 0.3) is 8.32 Å². The number of ether oxygens (including phenoxy) is 1. The summed E-state index contributed by atoms with van der Waals surface area (Å²) in [4.78, 5) is 18.3. The van der Waals surface area contributed by atoms with Crippen molar-refractivity contribution < 1.29 is 17.9 Å². The lowest BCUT2D eigenvalue weighted by molar-refractivity contribution is 0.272. The second kappa shape index (κ2) is 12.4. The van der Waals surface area contributed by atoms with E-state index in [4.69, 9.17) is 19.1 Å². The predicted octanol–water partition coefficient (Wildman–Crippen LogP) is 6.58. The molecule has 0 N–H and O–H groups in total. The van der Waals surface area contributed by atoms with Crippen LogP contribution in [-0.2, 0) is 17.6 Å². The molecule has 0 spiro atoms. The molecule has 0 radical (unpaired) electrons. The Kier molecular flexibility index (Phi) is 8.10. The van der Waals surface area contributed by atoms with Crippen molar-refractivity contribution in [3.63, 3.8) is 0 Å². The monoisotopic (exact) mass is 660 g/mol. The van der Waals surface area contributed by atoms with Crippen molar-refractivity contribution in [2.75, 3.05) is 7.11 Å². The molecule has 4 heterocycles. The molecule has 7 aromatic rings. The van der Waals surface area contributed by atoms with E-state index in [0.717, 1.165) is 22.1 Å². The Morgan fingerprint density at radius 1 is 0.812 bits per heavy atom. The number of rotatable bonds is 9. The Hall–Kier alpha value is -5.26. The van der Waals surface area contributed by atoms with E-state index >= 15 is 0 Å². The molecule has 0 fully saturated rings. The Bertz CT molecular complexity index is 2170. The Morgan fingerprint density at radius 3 is 2.10 bits per heavy atom. The van der Waals surface area contributed by atoms with E-state index in [2.05, 4.69) is 55.0 Å². The lowest BCUT2D eigenvalue weighted by Crippen LogP contribution is -2.66. The van der Waals surface area contributed by atoms with E-state index in [1.54, 1.807) is 13.3 Å². The summed E-state index contributed by atoms with van der Waals surface area (Å²) >= 11 is 0. The number of hydrogen-bond acceptors (Lipinski definition) is 6. The van der Waals surface area contributed by atoms with Gasteiger partial charge in [0.2, 0.25) is 5.88 Å². The first-order chi connectivity index (χ1) is 23.2. The van der Waals surface area contributed by atoms with Crippen LogP contribution in [-0.4, -0.2) is 44.5 Å². The number of aromatic nitrogens is 6. The zero-order valence-electron chi connectivity index (χ0n) is 27.1. The molecule has 0 bridgehead atoms. The largest absolute Gasteiger partial charge is 0.479 e. The summed E-state index contributed by atoms with van der Waals surface area (Å²) in [5.74, 6) is -0.285. The average molecular weight is 661 g/mol. The zero-order valence-corrected chi connectivity index (χ0v) is 28.1. The average Bonchev–Trinajstić information content (AvgIpc) is 3.66. The van der Waals surface area contributed by atoms with E-state index in [1.165, 1.54) is 18.5 Å². The minimum absolute atomic E-state index is 0.144. The SMILES string of the molecule is COc1ncnc2ccn(-c3cnc4nc(CO[Si](c5ccccc5)(c5ccccc5)C(C)(C)C)n(Cc5cc(F)cc(F)c5)c4c3)c12. The highest BCUT2D eigenvalue weighted by Crippen LogP contribution is 2.37. The first kappa shape index (κ1) is 31.3. The molecule has 48 heavy (non-hydrogen) atoms. The number of fused-ring (bicyclic) bond motifs is 2. The van der Waals surface area contributed by atoms with Crippen LogP contribution in [0.25, 0.3) is 27.9 Å². The van der Waals surface area contributed by atoms with E-state index in [0.29, 0.717) is 39.5 Å². The minimum atomic E-state index is -2.94. The topological polar surface area (TPSA) is 79.9 Å². The summed E-state index contributed by atoms with van der Waals surface area (Å²) in [6.45, 7) is 6.93. The molecule has 242 valence electrons. The number of benzene rings is 3. The molecule has 0 saturated heterocycles. The van der Waals surface area contributed by atoms with Crippen LogP contribution in [0.15, 0.2) is 110 Å². The van der Waals surface area contributed by atoms with Crippen molar-refractivity contribution in [3.05, 3.63) is 133 Å². The van der Waals surface area contributed by atoms with Crippen molar-refractivity contribution in [1.82, 2.24) is 29.1 Å². The Labute approximate surface area is 277 Å². The normalized spacial score (nSPS) is 12.2. The standard InChI is InChI=1S/C37H34F2N6O2Si/c1-37(2,3)48(29-11-7-5-8-12-29,30-13-9-6-10-14-30)47-23-33-43-35-32(45(33)22-25-17-26(38)19-27(39)18-25)20-28(21-40-35)44-16-15-31-34(44)36(46-4)42-24-41-31/h5-21,24H,22-23H2,1-4H3. The van der Waals surface area contributed by atoms with Gasteiger partial charge >= 0.3 is 0 Å². The van der Waals surface area contributed by atoms with Gasteiger partial charge in [0.05, 0.1) is 36.6 Å². The smallest absolute Gasteiger partial charge is 0.261 e. The van der Waals surface area contributed by atoms with Crippen LogP contribution < -0.4 is 15.1 Å². The molecule has 0 aliphatic carbocycles. The van der Waals surface area contributed by atoms with Gasteiger partial charge in [-0.15, -0.1) is 0 Å². The third-order valence-electron chi connectivity index (χ3n) is 8.68. The van der Waals surface area contributed by atoms with Gasteiger partial charge in [0.1, 0.15) is 29.3 Å². The fraction of sp³-hybridized carbons (Fsp3) is 0.189. The summed E-state index contributed by atoms with van der Waals surface area (Å²) in [6, 6.07) is 28.1. The van der Waals surface area contributed by atoms with Crippen molar-refractivity contribution in [3.8, 4) is 11.6 Å². The molecule has 0 aliphatic rings. The van der Waals surface area contributed by atoms with Crippen LogP contribution >= 0.6 is 0 Å². The number of imidazole rings is 1. The molecule has 0 aliphatic heterocycles. The van der Waals surface area contributed by atoms with Gasteiger partial charge in [-0.25, -0.2) is 23.7 Å². The van der Waals surface area contributed by atoms with Crippen LogP contribution in [0.1, 0.15) is 32.2 Å². The first-order valence-electron chi connectivity index (χ1n) is 15.6. The van der Waals surface area contributed by atoms with E-state index in [9.17, 15) is 8.78 Å². The van der Waals surface area contributed by atoms with Gasteiger partial charge < -0.3 is 18.3 Å². The van der Waals surface area contributed by atoms with Crippen molar-refractivity contribution in [1.29, 1.82) is 0 Å². The highest BCUT2D eigenvalue weighted by molar-refractivity contribution is 6.99. The van der Waals surface area contributed by atoms with Crippen LogP contribution in [0, 0.1) is 11.6 Å². The molecule has 0 unspecified atom stereocenters. The maximum atomic E-state index is 14.4. The summed E-state index contributed by atoms with van der Waals surface area (Å²) in [5, 5.41) is 2.00. The number of methoxy groups -OCH3 is 1. The quantitative estimate of drug-likeness (QED) is 0.163. The lowest BCUT2D eigenvalue weighted by atomic mass is 10.2. The minimum Gasteiger partial charge on any atom is -0.479 e. The number of pyridine rings is 1. The highest BCUT2D eigenvalue weighted by atomic mass is 28.4. The number of halogens is 2. The fourth-order valence-corrected chi connectivity index (χ4v) is 11.1. The predicted molar refractivity (Wildman–Crippen MR) is 184 cm³/mol. The molecule has 0 saturated carbocycles. The highest BCUT2D eigenvalue weighted by Gasteiger charge is 2.50. The second-order valence-corrected chi connectivity index (χ2v) is 17.0. The van der Waals surface area contributed by atoms with Crippen LogP contribution in [0.5, 0.6) is 5.88 Å². The third kappa shape index (κ3) is 5.54. The summed E-state index contributed by atoms with van der Waals surface area (Å²) in [7, 11) is -1.37. The van der Waals surface area contributed by atoms with Crippen molar-refractivity contribution >= 4 is 40.9 Å². The van der Waals surface area contributed by atoms with Gasteiger partial charge in [-0.05, 0) is 45.2 Å². The van der Waals surface area contributed by atoms with Crippen LogP contribution in [0.4, 0.5) is 8.78 Å². The molecular weight excluding hydrogens is 627 g/mol. The maximum Gasteiger partial charge on any atom is 0.261 e. The van der Waals surface area contributed by atoms with E-state index in [-0.39, 0.29) is 18.2 Å². The first-order valence-corrected chi connectivity index (χ1v) is 17.5. The second-order valence-electron chi connectivity index (χ2n) is 12.7. The zero-order chi connectivity index (χ0) is 33.5. The summed E-state index contributed by atoms with van der Waals surface area (Å²) in [5.41, 5.74) is 3.73. The van der Waals surface area contributed by atoms with E-state index < -0.39 is 20.0 Å². The van der Waals surface area contributed by atoms with Crippen molar-refractivity contribution in [2.45, 2.75) is 39.0 Å². The molecule has 4 aromatic heterocycles. The maximum absolute atomic E-state index is 14.4. The Balaban J connectivity index is 1.39. The van der Waals surface area contributed by atoms with E-state index in [1.807, 2.05) is 63.9 Å². The van der Waals surface area contributed by atoms with Crippen LogP contribution in [0.2, 0.25) is 5.04 Å². The molecular formula is C37H34F2N6O2Si. The van der Waals surface area contributed by atoms with Crippen LogP contribution in [0.3, 0.4) is 0 Å². The van der Waals surface area contributed by atoms with Gasteiger partial charge in [-0.2, -0.15) is 4.98 Å². The number of hydrogen-bond donors (Lipinski definition) is 0. The number of nitrogens with zero attached hydrogens (tertiary/aromatic N) is 6. The van der Waals surface area contributed by atoms with Gasteiger partial charge in [-0.1, -0.05) is 81.4 Å². The molecule has 8 nitrogen and oxygen atoms in total. The van der Waals surface area contributed by atoms with Gasteiger partial charge in [0, 0.05) is 18.8 Å². The van der Waals surface area contributed by atoms with Crippen molar-refractivity contribution in [2.24, 2.45) is 0 Å². The lowest BCUT2D eigenvalue weighted by Gasteiger charge is -2.43. The molecule has 0 atom stereocenters. The summed E-state index contributed by atoms with van der Waals surface area (Å²) < 4.78 is 45.5. The van der Waals surface area contributed by atoms with Gasteiger partial charge in [0.15, 0.2) is 5.65 Å². The summed E-state index contributed by atoms with van der Waals surface area (Å²) in [6.07, 6.45) is 5.05. The third-order valence-corrected chi connectivity index (χ3v) is 13.7. The molecule has 11 heteroatoms. The van der Waals surface area contributed by atoms with Gasteiger partial charge in [-0.3, -0.25) is 0 Å². The molecule has 7 rings (SSSR count). The molecule has 0 amide bonds. The molecule has 3 aromatic carbocycles.